The second-order valence-electron chi connectivity index (χ2n) is 2.94. The molecule has 0 spiro atoms. The number of anilines is 1. The zero-order chi connectivity index (χ0) is 11.1. The van der Waals surface area contributed by atoms with Gasteiger partial charge in [-0.1, -0.05) is 0 Å². The minimum absolute atomic E-state index is 0.279. The van der Waals surface area contributed by atoms with Crippen molar-refractivity contribution in [2.24, 2.45) is 5.73 Å². The highest BCUT2D eigenvalue weighted by atomic mass is 32.2. The number of halogens is 1. The smallest absolute Gasteiger partial charge is 0.138 e. The van der Waals surface area contributed by atoms with Gasteiger partial charge in [-0.25, -0.2) is 4.39 Å². The first-order valence-electron chi connectivity index (χ1n) is 4.69. The highest BCUT2D eigenvalue weighted by molar-refractivity contribution is 7.99. The fourth-order valence-electron chi connectivity index (χ4n) is 1.03. The molecular formula is C10H15FN2OS. The van der Waals surface area contributed by atoms with Crippen LogP contribution in [0, 0.1) is 5.82 Å². The summed E-state index contributed by atoms with van der Waals surface area (Å²) in [7, 11) is 0. The van der Waals surface area contributed by atoms with Crippen LogP contribution in [0.1, 0.15) is 0 Å². The Hall–Kier alpha value is -0.780. The third kappa shape index (κ3) is 4.51. The molecule has 0 aliphatic heterocycles. The summed E-state index contributed by atoms with van der Waals surface area (Å²) in [6.45, 7) is 1.64. The van der Waals surface area contributed by atoms with Crippen molar-refractivity contribution in [1.82, 2.24) is 0 Å². The van der Waals surface area contributed by atoms with E-state index < -0.39 is 0 Å². The van der Waals surface area contributed by atoms with Crippen molar-refractivity contribution < 1.29 is 9.13 Å². The number of benzene rings is 1. The van der Waals surface area contributed by atoms with E-state index in [0.29, 0.717) is 36.1 Å². The summed E-state index contributed by atoms with van der Waals surface area (Å²) in [6, 6.07) is 4.69. The minimum Gasteiger partial charge on any atom is -0.399 e. The molecule has 0 fully saturated rings. The van der Waals surface area contributed by atoms with Crippen molar-refractivity contribution in [3.8, 4) is 0 Å². The Kier molecular flexibility index (Phi) is 5.45. The molecule has 0 unspecified atom stereocenters. The van der Waals surface area contributed by atoms with Crippen molar-refractivity contribution in [2.75, 3.05) is 31.2 Å². The lowest BCUT2D eigenvalue weighted by atomic mass is 10.3. The first-order chi connectivity index (χ1) is 7.24. The Morgan fingerprint density at radius 1 is 1.33 bits per heavy atom. The van der Waals surface area contributed by atoms with Gasteiger partial charge in [0.15, 0.2) is 0 Å². The van der Waals surface area contributed by atoms with Gasteiger partial charge in [0.05, 0.1) is 13.2 Å². The molecule has 84 valence electrons. The number of rotatable bonds is 6. The maximum absolute atomic E-state index is 13.3. The normalized spacial score (nSPS) is 10.5. The van der Waals surface area contributed by atoms with Crippen LogP contribution in [-0.2, 0) is 4.74 Å². The van der Waals surface area contributed by atoms with E-state index in [-0.39, 0.29) is 5.82 Å². The van der Waals surface area contributed by atoms with Crippen LogP contribution in [0.4, 0.5) is 10.1 Å². The number of hydrogen-bond acceptors (Lipinski definition) is 4. The van der Waals surface area contributed by atoms with E-state index in [2.05, 4.69) is 0 Å². The van der Waals surface area contributed by atoms with Crippen LogP contribution in [-0.4, -0.2) is 25.5 Å². The van der Waals surface area contributed by atoms with Gasteiger partial charge in [-0.3, -0.25) is 0 Å². The first-order valence-corrected chi connectivity index (χ1v) is 5.68. The lowest BCUT2D eigenvalue weighted by Gasteiger charge is -2.04. The molecule has 3 nitrogen and oxygen atoms in total. The molecule has 0 amide bonds. The number of nitrogen functional groups attached to an aromatic ring is 1. The van der Waals surface area contributed by atoms with Gasteiger partial charge in [-0.2, -0.15) is 0 Å². The van der Waals surface area contributed by atoms with Crippen molar-refractivity contribution in [3.05, 3.63) is 24.0 Å². The van der Waals surface area contributed by atoms with Crippen LogP contribution in [0.5, 0.6) is 0 Å². The van der Waals surface area contributed by atoms with Crippen molar-refractivity contribution in [3.63, 3.8) is 0 Å². The number of thioether (sulfide) groups is 1. The largest absolute Gasteiger partial charge is 0.399 e. The molecule has 0 aromatic heterocycles. The van der Waals surface area contributed by atoms with Crippen LogP contribution in [0.25, 0.3) is 0 Å². The van der Waals surface area contributed by atoms with E-state index in [1.807, 2.05) is 0 Å². The van der Waals surface area contributed by atoms with E-state index in [9.17, 15) is 4.39 Å². The van der Waals surface area contributed by atoms with Crippen LogP contribution in [0.15, 0.2) is 23.1 Å². The fraction of sp³-hybridized carbons (Fsp3) is 0.400. The topological polar surface area (TPSA) is 61.3 Å². The Balaban J connectivity index is 2.31. The van der Waals surface area contributed by atoms with Gasteiger partial charge in [0.1, 0.15) is 5.82 Å². The van der Waals surface area contributed by atoms with E-state index in [1.54, 1.807) is 12.1 Å². The molecule has 1 aromatic rings. The molecule has 5 heteroatoms. The average Bonchev–Trinajstić information content (AvgIpc) is 2.20. The Labute approximate surface area is 93.0 Å². The third-order valence-corrected chi connectivity index (χ3v) is 2.72. The molecule has 0 bridgehead atoms. The molecule has 0 aliphatic rings. The molecule has 4 N–H and O–H groups in total. The van der Waals surface area contributed by atoms with Crippen molar-refractivity contribution in [2.45, 2.75) is 4.90 Å². The van der Waals surface area contributed by atoms with Gasteiger partial charge in [0, 0.05) is 22.9 Å². The predicted molar refractivity (Wildman–Crippen MR) is 61.4 cm³/mol. The summed E-state index contributed by atoms with van der Waals surface area (Å²) >= 11 is 1.41. The van der Waals surface area contributed by atoms with Gasteiger partial charge in [0.2, 0.25) is 0 Å². The predicted octanol–water partition coefficient (Wildman–Crippen LogP) is 1.48. The van der Waals surface area contributed by atoms with E-state index in [0.717, 1.165) is 0 Å². The van der Waals surface area contributed by atoms with Crippen molar-refractivity contribution >= 4 is 17.4 Å². The summed E-state index contributed by atoms with van der Waals surface area (Å²) in [5.74, 6) is 0.430. The molecule has 15 heavy (non-hydrogen) atoms. The van der Waals surface area contributed by atoms with E-state index in [1.165, 1.54) is 17.8 Å². The summed E-state index contributed by atoms with van der Waals surface area (Å²) in [4.78, 5) is 0.598. The van der Waals surface area contributed by atoms with Crippen LogP contribution in [0.2, 0.25) is 0 Å². The summed E-state index contributed by atoms with van der Waals surface area (Å²) in [6.07, 6.45) is 0. The summed E-state index contributed by atoms with van der Waals surface area (Å²) in [5, 5.41) is 0. The lowest BCUT2D eigenvalue weighted by Crippen LogP contribution is -2.09. The molecule has 0 radical (unpaired) electrons. The third-order valence-electron chi connectivity index (χ3n) is 1.70. The maximum Gasteiger partial charge on any atom is 0.138 e. The highest BCUT2D eigenvalue weighted by Crippen LogP contribution is 2.23. The SMILES string of the molecule is NCCOCCSc1ccc(N)cc1F. The van der Waals surface area contributed by atoms with Crippen LogP contribution >= 0.6 is 11.8 Å². The highest BCUT2D eigenvalue weighted by Gasteiger charge is 2.02. The number of hydrogen-bond donors (Lipinski definition) is 2. The minimum atomic E-state index is -0.279. The molecule has 0 saturated heterocycles. The van der Waals surface area contributed by atoms with Gasteiger partial charge in [0.25, 0.3) is 0 Å². The molecule has 0 aliphatic carbocycles. The van der Waals surface area contributed by atoms with Crippen molar-refractivity contribution in [1.29, 1.82) is 0 Å². The van der Waals surface area contributed by atoms with E-state index in [4.69, 9.17) is 16.2 Å². The zero-order valence-electron chi connectivity index (χ0n) is 8.41. The molecule has 0 heterocycles. The van der Waals surface area contributed by atoms with Gasteiger partial charge in [-0.05, 0) is 18.2 Å². The molecule has 0 atom stereocenters. The maximum atomic E-state index is 13.3. The average molecular weight is 230 g/mol. The van der Waals surface area contributed by atoms with Gasteiger partial charge in [-0.15, -0.1) is 11.8 Å². The lowest BCUT2D eigenvalue weighted by molar-refractivity contribution is 0.158. The van der Waals surface area contributed by atoms with Crippen LogP contribution in [0.3, 0.4) is 0 Å². The number of nitrogens with two attached hydrogens (primary N) is 2. The molecule has 1 rings (SSSR count). The molecule has 0 saturated carbocycles. The quantitative estimate of drug-likeness (QED) is 0.441. The summed E-state index contributed by atoms with van der Waals surface area (Å²) in [5.41, 5.74) is 11.1. The van der Waals surface area contributed by atoms with Crippen LogP contribution < -0.4 is 11.5 Å². The molecular weight excluding hydrogens is 215 g/mol. The second kappa shape index (κ2) is 6.66. The monoisotopic (exact) mass is 230 g/mol. The Morgan fingerprint density at radius 3 is 2.80 bits per heavy atom. The zero-order valence-corrected chi connectivity index (χ0v) is 9.23. The molecule has 1 aromatic carbocycles. The Morgan fingerprint density at radius 2 is 2.13 bits per heavy atom. The summed E-state index contributed by atoms with van der Waals surface area (Å²) < 4.78 is 18.4. The van der Waals surface area contributed by atoms with Gasteiger partial charge >= 0.3 is 0 Å². The fourth-order valence-corrected chi connectivity index (χ4v) is 1.81. The van der Waals surface area contributed by atoms with E-state index >= 15 is 0 Å². The van der Waals surface area contributed by atoms with Gasteiger partial charge < -0.3 is 16.2 Å². The first kappa shape index (κ1) is 12.3. The Bertz CT molecular complexity index is 309. The number of ether oxygens (including phenoxy) is 1. The second-order valence-corrected chi connectivity index (χ2v) is 4.08. The standard InChI is InChI=1S/C10H15FN2OS/c11-9-7-8(13)1-2-10(9)15-6-5-14-4-3-12/h1-2,7H,3-6,12-13H2.